The van der Waals surface area contributed by atoms with Crippen LogP contribution in [-0.2, 0) is 14.8 Å². The summed E-state index contributed by atoms with van der Waals surface area (Å²) in [6.45, 7) is 4.40. The summed E-state index contributed by atoms with van der Waals surface area (Å²) >= 11 is 0. The van der Waals surface area contributed by atoms with E-state index in [0.717, 1.165) is 15.4 Å². The van der Waals surface area contributed by atoms with Gasteiger partial charge in [-0.15, -0.1) is 0 Å². The Hall–Kier alpha value is -3.52. The zero-order valence-corrected chi connectivity index (χ0v) is 20.0. The first-order valence-corrected chi connectivity index (χ1v) is 12.7. The fraction of sp³-hybridized carbons (Fsp3) is 0.269. The highest BCUT2D eigenvalue weighted by Gasteiger charge is 2.29. The van der Waals surface area contributed by atoms with Crippen LogP contribution < -0.4 is 19.1 Å². The Kier molecular flexibility index (Phi) is 7.07. The standard InChI is InChI=1S/C26H28N2O5S/c1-3-23(20-11-9-19(2)10-12-20)27-26(29)18-28(34(30,31)22-7-5-4-6-8-22)21-13-14-24-25(17-21)33-16-15-32-24/h4-14,17,23H,3,15-16,18H2,1-2H3,(H,27,29)/t23-/m1/s1. The number of carbonyl (C=O) groups is 1. The third kappa shape index (κ3) is 5.17. The molecule has 4 rings (SSSR count). The van der Waals surface area contributed by atoms with E-state index in [0.29, 0.717) is 36.8 Å². The van der Waals surface area contributed by atoms with Crippen LogP contribution in [0.25, 0.3) is 0 Å². The molecular weight excluding hydrogens is 452 g/mol. The maximum atomic E-state index is 13.6. The molecule has 0 saturated heterocycles. The van der Waals surface area contributed by atoms with E-state index in [1.807, 2.05) is 38.1 Å². The largest absolute Gasteiger partial charge is 0.486 e. The number of rotatable bonds is 8. The third-order valence-corrected chi connectivity index (χ3v) is 7.44. The number of nitrogens with one attached hydrogen (secondary N) is 1. The van der Waals surface area contributed by atoms with Crippen molar-refractivity contribution < 1.29 is 22.7 Å². The average Bonchev–Trinajstić information content (AvgIpc) is 2.86. The highest BCUT2D eigenvalue weighted by atomic mass is 32.2. The van der Waals surface area contributed by atoms with Crippen LogP contribution in [-0.4, -0.2) is 34.1 Å². The minimum Gasteiger partial charge on any atom is -0.486 e. The van der Waals surface area contributed by atoms with Gasteiger partial charge >= 0.3 is 0 Å². The Morgan fingerprint density at radius 2 is 1.65 bits per heavy atom. The van der Waals surface area contributed by atoms with Crippen LogP contribution in [0.5, 0.6) is 11.5 Å². The number of hydrogen-bond donors (Lipinski definition) is 1. The van der Waals surface area contributed by atoms with Gasteiger partial charge in [-0.25, -0.2) is 8.42 Å². The van der Waals surface area contributed by atoms with Gasteiger partial charge in [0.25, 0.3) is 10.0 Å². The molecule has 3 aromatic carbocycles. The van der Waals surface area contributed by atoms with E-state index in [4.69, 9.17) is 9.47 Å². The molecule has 8 heteroatoms. The zero-order valence-electron chi connectivity index (χ0n) is 19.2. The Balaban J connectivity index is 1.64. The maximum Gasteiger partial charge on any atom is 0.264 e. The fourth-order valence-corrected chi connectivity index (χ4v) is 5.25. The Morgan fingerprint density at radius 1 is 0.971 bits per heavy atom. The van der Waals surface area contributed by atoms with Crippen molar-refractivity contribution in [2.24, 2.45) is 0 Å². The number of ether oxygens (including phenoxy) is 2. The molecule has 0 radical (unpaired) electrons. The van der Waals surface area contributed by atoms with Crippen molar-refractivity contribution in [3.05, 3.63) is 83.9 Å². The molecule has 1 N–H and O–H groups in total. The molecule has 0 saturated carbocycles. The topological polar surface area (TPSA) is 84.9 Å². The summed E-state index contributed by atoms with van der Waals surface area (Å²) in [5.74, 6) is 0.590. The van der Waals surface area contributed by atoms with Crippen LogP contribution in [0.3, 0.4) is 0 Å². The number of anilines is 1. The van der Waals surface area contributed by atoms with Gasteiger partial charge in [0.05, 0.1) is 16.6 Å². The minimum atomic E-state index is -4.01. The Bertz CT molecular complexity index is 1240. The molecule has 1 atom stereocenters. The molecule has 0 aromatic heterocycles. The van der Waals surface area contributed by atoms with Gasteiger partial charge < -0.3 is 14.8 Å². The lowest BCUT2D eigenvalue weighted by Gasteiger charge is -2.27. The second-order valence-corrected chi connectivity index (χ2v) is 9.95. The van der Waals surface area contributed by atoms with Crippen molar-refractivity contribution in [3.63, 3.8) is 0 Å². The molecule has 1 heterocycles. The SMILES string of the molecule is CC[C@@H](NC(=O)CN(c1ccc2c(c1)OCCO2)S(=O)(=O)c1ccccc1)c1ccc(C)cc1. The predicted octanol–water partition coefficient (Wildman–Crippen LogP) is 4.23. The molecular formula is C26H28N2O5S. The first-order valence-electron chi connectivity index (χ1n) is 11.2. The average molecular weight is 481 g/mol. The van der Waals surface area contributed by atoms with Gasteiger partial charge in [0, 0.05) is 6.07 Å². The molecule has 3 aromatic rings. The lowest BCUT2D eigenvalue weighted by atomic mass is 10.0. The minimum absolute atomic E-state index is 0.100. The zero-order chi connectivity index (χ0) is 24.1. The fourth-order valence-electron chi connectivity index (χ4n) is 3.81. The van der Waals surface area contributed by atoms with Gasteiger partial charge in [0.15, 0.2) is 11.5 Å². The van der Waals surface area contributed by atoms with E-state index in [1.165, 1.54) is 12.1 Å². The number of benzene rings is 3. The lowest BCUT2D eigenvalue weighted by Crippen LogP contribution is -2.42. The van der Waals surface area contributed by atoms with Gasteiger partial charge in [-0.2, -0.15) is 0 Å². The number of nitrogens with zero attached hydrogens (tertiary/aromatic N) is 1. The van der Waals surface area contributed by atoms with E-state index in [2.05, 4.69) is 5.32 Å². The molecule has 0 unspecified atom stereocenters. The maximum absolute atomic E-state index is 13.6. The van der Waals surface area contributed by atoms with E-state index in [9.17, 15) is 13.2 Å². The van der Waals surface area contributed by atoms with Gasteiger partial charge in [-0.05, 0) is 43.2 Å². The van der Waals surface area contributed by atoms with Crippen LogP contribution in [0.4, 0.5) is 5.69 Å². The summed E-state index contributed by atoms with van der Waals surface area (Å²) in [6.07, 6.45) is 0.671. The molecule has 34 heavy (non-hydrogen) atoms. The molecule has 0 bridgehead atoms. The molecule has 0 spiro atoms. The highest BCUT2D eigenvalue weighted by Crippen LogP contribution is 2.35. The summed E-state index contributed by atoms with van der Waals surface area (Å²) in [4.78, 5) is 13.2. The first-order chi connectivity index (χ1) is 16.4. The number of aryl methyl sites for hydroxylation is 1. The van der Waals surface area contributed by atoms with Crippen LogP contribution >= 0.6 is 0 Å². The predicted molar refractivity (Wildman–Crippen MR) is 131 cm³/mol. The molecule has 1 aliphatic rings. The van der Waals surface area contributed by atoms with Crippen LogP contribution in [0.1, 0.15) is 30.5 Å². The van der Waals surface area contributed by atoms with Gasteiger partial charge in [0.2, 0.25) is 5.91 Å². The molecule has 178 valence electrons. The normalized spacial score (nSPS) is 13.7. The van der Waals surface area contributed by atoms with Gasteiger partial charge in [-0.1, -0.05) is 55.0 Å². The number of carbonyl (C=O) groups excluding carboxylic acids is 1. The van der Waals surface area contributed by atoms with E-state index in [-0.39, 0.29) is 17.5 Å². The lowest BCUT2D eigenvalue weighted by molar-refractivity contribution is -0.120. The molecule has 0 aliphatic carbocycles. The van der Waals surface area contributed by atoms with E-state index >= 15 is 0 Å². The molecule has 0 fully saturated rings. The van der Waals surface area contributed by atoms with Crippen LogP contribution in [0.15, 0.2) is 77.7 Å². The van der Waals surface area contributed by atoms with Crippen molar-refractivity contribution in [1.29, 1.82) is 0 Å². The summed E-state index contributed by atoms with van der Waals surface area (Å²) < 4.78 is 39.5. The first kappa shape index (κ1) is 23.6. The summed E-state index contributed by atoms with van der Waals surface area (Å²) in [7, 11) is -4.01. The number of fused-ring (bicyclic) bond motifs is 1. The monoisotopic (exact) mass is 480 g/mol. The van der Waals surface area contributed by atoms with Crippen molar-refractivity contribution >= 4 is 21.6 Å². The molecule has 1 amide bonds. The van der Waals surface area contributed by atoms with Gasteiger partial charge in [0.1, 0.15) is 19.8 Å². The smallest absolute Gasteiger partial charge is 0.264 e. The van der Waals surface area contributed by atoms with Crippen molar-refractivity contribution in [1.82, 2.24) is 5.32 Å². The number of hydrogen-bond acceptors (Lipinski definition) is 5. The van der Waals surface area contributed by atoms with Crippen LogP contribution in [0, 0.1) is 6.92 Å². The second-order valence-electron chi connectivity index (χ2n) is 8.09. The third-order valence-electron chi connectivity index (χ3n) is 5.66. The Labute approximate surface area is 200 Å². The summed E-state index contributed by atoms with van der Waals surface area (Å²) in [5.41, 5.74) is 2.42. The van der Waals surface area contributed by atoms with Crippen molar-refractivity contribution in [3.8, 4) is 11.5 Å². The Morgan fingerprint density at radius 3 is 2.32 bits per heavy atom. The number of sulfonamides is 1. The van der Waals surface area contributed by atoms with E-state index < -0.39 is 15.9 Å². The van der Waals surface area contributed by atoms with Crippen molar-refractivity contribution in [2.75, 3.05) is 24.1 Å². The molecule has 1 aliphatic heterocycles. The van der Waals surface area contributed by atoms with E-state index in [1.54, 1.807) is 36.4 Å². The van der Waals surface area contributed by atoms with Crippen molar-refractivity contribution in [2.45, 2.75) is 31.2 Å². The van der Waals surface area contributed by atoms with Crippen LogP contribution in [0.2, 0.25) is 0 Å². The van der Waals surface area contributed by atoms with Gasteiger partial charge in [-0.3, -0.25) is 9.10 Å². The second kappa shape index (κ2) is 10.2. The summed E-state index contributed by atoms with van der Waals surface area (Å²) in [6, 6.07) is 20.7. The highest BCUT2D eigenvalue weighted by molar-refractivity contribution is 7.92. The number of amides is 1. The molecule has 7 nitrogen and oxygen atoms in total. The summed E-state index contributed by atoms with van der Waals surface area (Å²) in [5, 5.41) is 2.99. The quantitative estimate of drug-likeness (QED) is 0.522.